The van der Waals surface area contributed by atoms with Crippen LogP contribution in [0.5, 0.6) is 0 Å². The summed E-state index contributed by atoms with van der Waals surface area (Å²) >= 11 is 0. The molecule has 0 fully saturated rings. The summed E-state index contributed by atoms with van der Waals surface area (Å²) in [6.07, 6.45) is 4.32. The molecule has 0 amide bonds. The molecule has 2 heteroatoms. The van der Waals surface area contributed by atoms with Crippen LogP contribution in [0.1, 0.15) is 41.6 Å². The lowest BCUT2D eigenvalue weighted by Crippen LogP contribution is -2.12. The number of benzene rings is 3. The highest BCUT2D eigenvalue weighted by Gasteiger charge is 2.20. The number of aromatic amines is 1. The van der Waals surface area contributed by atoms with E-state index in [1.807, 2.05) is 0 Å². The van der Waals surface area contributed by atoms with Crippen LogP contribution in [0, 0.1) is 6.92 Å². The van der Waals surface area contributed by atoms with Crippen LogP contribution in [0.3, 0.4) is 0 Å². The third kappa shape index (κ3) is 3.97. The van der Waals surface area contributed by atoms with Crippen LogP contribution in [-0.4, -0.2) is 4.98 Å². The van der Waals surface area contributed by atoms with Crippen molar-refractivity contribution in [2.45, 2.75) is 32.7 Å². The van der Waals surface area contributed by atoms with E-state index in [0.29, 0.717) is 0 Å². The largest absolute Gasteiger partial charge is 0.374 e. The van der Waals surface area contributed by atoms with Gasteiger partial charge in [0.15, 0.2) is 0 Å². The van der Waals surface area contributed by atoms with E-state index in [1.54, 1.807) is 0 Å². The molecule has 0 bridgehead atoms. The summed E-state index contributed by atoms with van der Waals surface area (Å²) < 4.78 is 0. The zero-order valence-electron chi connectivity index (χ0n) is 17.2. The monoisotopic (exact) mass is 380 g/mol. The molecular formula is C27H28N2. The normalized spacial score (nSPS) is 12.1. The van der Waals surface area contributed by atoms with Crippen LogP contribution in [0.2, 0.25) is 0 Å². The van der Waals surface area contributed by atoms with Gasteiger partial charge >= 0.3 is 0 Å². The second kappa shape index (κ2) is 8.40. The second-order valence-electron chi connectivity index (χ2n) is 7.67. The van der Waals surface area contributed by atoms with Crippen LogP contribution in [0.15, 0.2) is 85.6 Å². The van der Waals surface area contributed by atoms with E-state index in [1.165, 1.54) is 33.2 Å². The molecule has 2 N–H and O–H groups in total. The summed E-state index contributed by atoms with van der Waals surface area (Å²) in [7, 11) is 0. The minimum atomic E-state index is -0.00756. The van der Waals surface area contributed by atoms with Crippen LogP contribution >= 0.6 is 0 Å². The van der Waals surface area contributed by atoms with E-state index in [0.717, 1.165) is 24.1 Å². The number of hydrogen-bond acceptors (Lipinski definition) is 1. The van der Waals surface area contributed by atoms with Gasteiger partial charge in [0, 0.05) is 28.4 Å². The number of para-hydroxylation sites is 1. The van der Waals surface area contributed by atoms with Crippen molar-refractivity contribution >= 4 is 22.2 Å². The van der Waals surface area contributed by atoms with Crippen molar-refractivity contribution in [2.24, 2.45) is 0 Å². The van der Waals surface area contributed by atoms with Gasteiger partial charge in [-0.3, -0.25) is 0 Å². The topological polar surface area (TPSA) is 27.8 Å². The Labute approximate surface area is 173 Å². The molecule has 2 nitrogen and oxygen atoms in total. The fraction of sp³-hybridized carbons (Fsp3) is 0.185. The number of aromatic nitrogens is 1. The van der Waals surface area contributed by atoms with Gasteiger partial charge in [-0.05, 0) is 47.7 Å². The minimum absolute atomic E-state index is 0.00756. The SMILES string of the molecule is C=C(c1c[nH]c2c(CCC)cccc12)C(Nc1cccc(C)c1)c1ccccc1. The first kappa shape index (κ1) is 19.1. The fourth-order valence-corrected chi connectivity index (χ4v) is 4.03. The maximum Gasteiger partial charge on any atom is 0.0768 e. The summed E-state index contributed by atoms with van der Waals surface area (Å²) in [4.78, 5) is 3.51. The van der Waals surface area contributed by atoms with Gasteiger partial charge in [-0.1, -0.05) is 80.6 Å². The zero-order chi connectivity index (χ0) is 20.2. The van der Waals surface area contributed by atoms with Crippen LogP contribution < -0.4 is 5.32 Å². The lowest BCUT2D eigenvalue weighted by Gasteiger charge is -2.23. The minimum Gasteiger partial charge on any atom is -0.374 e. The number of hydrogen-bond donors (Lipinski definition) is 2. The highest BCUT2D eigenvalue weighted by atomic mass is 14.9. The smallest absolute Gasteiger partial charge is 0.0768 e. The molecule has 0 spiro atoms. The van der Waals surface area contributed by atoms with Gasteiger partial charge in [0.2, 0.25) is 0 Å². The number of nitrogens with one attached hydrogen (secondary N) is 2. The molecule has 29 heavy (non-hydrogen) atoms. The average molecular weight is 381 g/mol. The molecule has 1 atom stereocenters. The van der Waals surface area contributed by atoms with Crippen LogP contribution in [0.25, 0.3) is 16.5 Å². The maximum atomic E-state index is 4.54. The zero-order valence-corrected chi connectivity index (χ0v) is 17.2. The van der Waals surface area contributed by atoms with Crippen molar-refractivity contribution in [3.63, 3.8) is 0 Å². The summed E-state index contributed by atoms with van der Waals surface area (Å²) in [6.45, 7) is 8.87. The number of anilines is 1. The molecule has 0 aliphatic heterocycles. The lowest BCUT2D eigenvalue weighted by atomic mass is 9.93. The first-order chi connectivity index (χ1) is 14.2. The molecule has 4 rings (SSSR count). The molecule has 1 heterocycles. The Morgan fingerprint density at radius 3 is 2.55 bits per heavy atom. The summed E-state index contributed by atoms with van der Waals surface area (Å²) in [5.41, 5.74) is 8.39. The van der Waals surface area contributed by atoms with Crippen LogP contribution in [-0.2, 0) is 6.42 Å². The maximum absolute atomic E-state index is 4.54. The third-order valence-corrected chi connectivity index (χ3v) is 5.48. The molecule has 0 saturated carbocycles. The predicted octanol–water partition coefficient (Wildman–Crippen LogP) is 7.30. The Hall–Kier alpha value is -3.26. The third-order valence-electron chi connectivity index (χ3n) is 5.48. The van der Waals surface area contributed by atoms with Gasteiger partial charge < -0.3 is 10.3 Å². The van der Waals surface area contributed by atoms with E-state index in [-0.39, 0.29) is 6.04 Å². The summed E-state index contributed by atoms with van der Waals surface area (Å²) in [5, 5.41) is 4.96. The number of rotatable bonds is 7. The molecule has 3 aromatic carbocycles. The van der Waals surface area contributed by atoms with Crippen molar-refractivity contribution in [3.05, 3.63) is 108 Å². The molecule has 0 aliphatic rings. The lowest BCUT2D eigenvalue weighted by molar-refractivity contribution is 0.927. The van der Waals surface area contributed by atoms with Gasteiger partial charge in [-0.15, -0.1) is 0 Å². The number of fused-ring (bicyclic) bond motifs is 1. The standard InChI is InChI=1S/C27H28N2/c1-4-10-21-14-9-16-24-25(18-28-27(21)24)20(3)26(22-12-6-5-7-13-22)29-23-15-8-11-19(2)17-23/h5-9,11-18,26,28-29H,3-4,10H2,1-2H3. The van der Waals surface area contributed by atoms with Crippen molar-refractivity contribution in [1.82, 2.24) is 4.98 Å². The Morgan fingerprint density at radius 1 is 1.00 bits per heavy atom. The molecule has 1 aromatic heterocycles. The van der Waals surface area contributed by atoms with E-state index in [9.17, 15) is 0 Å². The fourth-order valence-electron chi connectivity index (χ4n) is 4.03. The van der Waals surface area contributed by atoms with Crippen molar-refractivity contribution in [3.8, 4) is 0 Å². The first-order valence-corrected chi connectivity index (χ1v) is 10.3. The summed E-state index contributed by atoms with van der Waals surface area (Å²) in [6, 6.07) is 25.6. The number of H-pyrrole nitrogens is 1. The van der Waals surface area contributed by atoms with E-state index >= 15 is 0 Å². The first-order valence-electron chi connectivity index (χ1n) is 10.3. The number of aryl methyl sites for hydroxylation is 2. The van der Waals surface area contributed by atoms with Crippen molar-refractivity contribution < 1.29 is 0 Å². The van der Waals surface area contributed by atoms with Crippen molar-refractivity contribution in [2.75, 3.05) is 5.32 Å². The molecule has 0 aliphatic carbocycles. The van der Waals surface area contributed by atoms with Crippen molar-refractivity contribution in [1.29, 1.82) is 0 Å². The van der Waals surface area contributed by atoms with Gasteiger partial charge in [0.25, 0.3) is 0 Å². The molecule has 0 saturated heterocycles. The Morgan fingerprint density at radius 2 is 1.79 bits per heavy atom. The van der Waals surface area contributed by atoms with Gasteiger partial charge in [-0.2, -0.15) is 0 Å². The van der Waals surface area contributed by atoms with E-state index in [2.05, 4.69) is 110 Å². The van der Waals surface area contributed by atoms with E-state index < -0.39 is 0 Å². The quantitative estimate of drug-likeness (QED) is 0.346. The van der Waals surface area contributed by atoms with Gasteiger partial charge in [0.1, 0.15) is 0 Å². The molecule has 1 unspecified atom stereocenters. The van der Waals surface area contributed by atoms with Gasteiger partial charge in [0.05, 0.1) is 6.04 Å². The highest BCUT2D eigenvalue weighted by Crippen LogP contribution is 2.36. The second-order valence-corrected chi connectivity index (χ2v) is 7.67. The van der Waals surface area contributed by atoms with Gasteiger partial charge in [-0.25, -0.2) is 0 Å². The molecule has 0 radical (unpaired) electrons. The highest BCUT2D eigenvalue weighted by molar-refractivity contribution is 5.95. The van der Waals surface area contributed by atoms with E-state index in [4.69, 9.17) is 0 Å². The Bertz CT molecular complexity index is 1120. The molecule has 146 valence electrons. The Balaban J connectivity index is 1.76. The summed E-state index contributed by atoms with van der Waals surface area (Å²) in [5.74, 6) is 0. The van der Waals surface area contributed by atoms with Crippen LogP contribution in [0.4, 0.5) is 5.69 Å². The predicted molar refractivity (Wildman–Crippen MR) is 125 cm³/mol. The molecule has 4 aromatic rings. The molecular weight excluding hydrogens is 352 g/mol. The Kier molecular flexibility index (Phi) is 5.53. The average Bonchev–Trinajstić information content (AvgIpc) is 3.18.